The van der Waals surface area contributed by atoms with Crippen molar-refractivity contribution < 1.29 is 9.90 Å². The van der Waals surface area contributed by atoms with Gasteiger partial charge in [0.2, 0.25) is 0 Å². The Labute approximate surface area is 110 Å². The third kappa shape index (κ3) is 2.14. The number of aliphatic carboxylic acids is 1. The Morgan fingerprint density at radius 1 is 1.22 bits per heavy atom. The Kier molecular flexibility index (Phi) is 3.43. The molecule has 0 spiro atoms. The van der Waals surface area contributed by atoms with Crippen LogP contribution in [0.5, 0.6) is 0 Å². The zero-order valence-electron chi connectivity index (χ0n) is 10.2. The molecule has 3 nitrogen and oxygen atoms in total. The van der Waals surface area contributed by atoms with Crippen LogP contribution in [-0.4, -0.2) is 16.1 Å². The topological polar surface area (TPSA) is 53.1 Å². The molecule has 1 aromatic heterocycles. The fourth-order valence-corrected chi connectivity index (χ4v) is 2.49. The summed E-state index contributed by atoms with van der Waals surface area (Å²) in [7, 11) is 0. The van der Waals surface area contributed by atoms with Gasteiger partial charge in [-0.1, -0.05) is 30.3 Å². The first-order valence-corrected chi connectivity index (χ1v) is 6.07. The normalized spacial score (nSPS) is 12.4. The number of nitrogens with one attached hydrogen (secondary N) is 1. The molecule has 18 heavy (non-hydrogen) atoms. The lowest BCUT2D eigenvalue weighted by molar-refractivity contribution is -0.136. The van der Waals surface area contributed by atoms with E-state index in [9.17, 15) is 4.79 Å². The van der Waals surface area contributed by atoms with Gasteiger partial charge in [0.05, 0.1) is 0 Å². The van der Waals surface area contributed by atoms with Gasteiger partial charge in [-0.15, -0.1) is 11.6 Å². The third-order valence-corrected chi connectivity index (χ3v) is 3.36. The van der Waals surface area contributed by atoms with E-state index in [1.54, 1.807) is 0 Å². The Hall–Kier alpha value is -1.74. The molecule has 0 radical (unpaired) electrons. The Morgan fingerprint density at radius 2 is 1.83 bits per heavy atom. The van der Waals surface area contributed by atoms with Crippen molar-refractivity contribution in [1.29, 1.82) is 0 Å². The summed E-state index contributed by atoms with van der Waals surface area (Å²) in [6.45, 7) is 3.76. The number of rotatable bonds is 3. The highest BCUT2D eigenvalue weighted by molar-refractivity contribution is 6.30. The maximum Gasteiger partial charge on any atom is 0.326 e. The molecule has 2 rings (SSSR count). The summed E-state index contributed by atoms with van der Waals surface area (Å²) in [4.78, 5) is 14.3. The van der Waals surface area contributed by atoms with E-state index < -0.39 is 11.3 Å². The molecule has 0 aliphatic rings. The van der Waals surface area contributed by atoms with Crippen LogP contribution in [0, 0.1) is 13.8 Å². The second-order valence-corrected chi connectivity index (χ2v) is 4.67. The van der Waals surface area contributed by atoms with Crippen LogP contribution in [0.25, 0.3) is 11.1 Å². The molecule has 4 heteroatoms. The highest BCUT2D eigenvalue weighted by Gasteiger charge is 2.25. The molecule has 2 N–H and O–H groups in total. The van der Waals surface area contributed by atoms with Crippen LogP contribution >= 0.6 is 11.6 Å². The van der Waals surface area contributed by atoms with Gasteiger partial charge in [0.25, 0.3) is 0 Å². The fraction of sp³-hybridized carbons (Fsp3) is 0.214. The van der Waals surface area contributed by atoms with Crippen molar-refractivity contribution in [3.8, 4) is 11.1 Å². The van der Waals surface area contributed by atoms with E-state index in [0.29, 0.717) is 5.56 Å². The third-order valence-electron chi connectivity index (χ3n) is 2.96. The maximum absolute atomic E-state index is 11.1. The molecule has 0 aliphatic carbocycles. The van der Waals surface area contributed by atoms with Crippen molar-refractivity contribution in [2.75, 3.05) is 0 Å². The summed E-state index contributed by atoms with van der Waals surface area (Å²) in [6, 6.07) is 9.67. The van der Waals surface area contributed by atoms with Gasteiger partial charge in [-0.3, -0.25) is 4.79 Å². The predicted octanol–water partition coefficient (Wildman–Crippen LogP) is 3.66. The van der Waals surface area contributed by atoms with Crippen LogP contribution in [0.4, 0.5) is 0 Å². The zero-order valence-corrected chi connectivity index (χ0v) is 11.0. The summed E-state index contributed by atoms with van der Waals surface area (Å²) in [5.41, 5.74) is 4.24. The van der Waals surface area contributed by atoms with Crippen molar-refractivity contribution in [3.63, 3.8) is 0 Å². The van der Waals surface area contributed by atoms with Crippen molar-refractivity contribution in [1.82, 2.24) is 4.98 Å². The average molecular weight is 264 g/mol. The molecule has 0 fully saturated rings. The van der Waals surface area contributed by atoms with Gasteiger partial charge in [-0.25, -0.2) is 0 Å². The lowest BCUT2D eigenvalue weighted by Gasteiger charge is -2.09. The van der Waals surface area contributed by atoms with E-state index in [1.807, 2.05) is 44.2 Å². The van der Waals surface area contributed by atoms with Crippen LogP contribution in [0.2, 0.25) is 0 Å². The van der Waals surface area contributed by atoms with Crippen molar-refractivity contribution in [2.24, 2.45) is 0 Å². The summed E-state index contributed by atoms with van der Waals surface area (Å²) in [6.07, 6.45) is 0. The number of aromatic nitrogens is 1. The number of hydrogen-bond donors (Lipinski definition) is 2. The number of hydrogen-bond acceptors (Lipinski definition) is 1. The first-order valence-electron chi connectivity index (χ1n) is 5.63. The number of aromatic amines is 1. The first-order chi connectivity index (χ1) is 8.52. The smallest absolute Gasteiger partial charge is 0.326 e. The van der Waals surface area contributed by atoms with E-state index >= 15 is 0 Å². The molecule has 0 saturated carbocycles. The van der Waals surface area contributed by atoms with E-state index in [0.717, 1.165) is 22.5 Å². The van der Waals surface area contributed by atoms with Crippen molar-refractivity contribution >= 4 is 17.6 Å². The van der Waals surface area contributed by atoms with E-state index in [1.165, 1.54) is 0 Å². The monoisotopic (exact) mass is 263 g/mol. The minimum Gasteiger partial charge on any atom is -0.480 e. The van der Waals surface area contributed by atoms with Gasteiger partial charge in [-0.05, 0) is 19.4 Å². The minimum absolute atomic E-state index is 0.646. The fourth-order valence-electron chi connectivity index (χ4n) is 2.22. The van der Waals surface area contributed by atoms with E-state index in [2.05, 4.69) is 4.98 Å². The van der Waals surface area contributed by atoms with Crippen LogP contribution in [0.3, 0.4) is 0 Å². The number of halogens is 1. The zero-order chi connectivity index (χ0) is 13.3. The van der Waals surface area contributed by atoms with Crippen molar-refractivity contribution in [2.45, 2.75) is 19.2 Å². The van der Waals surface area contributed by atoms with Gasteiger partial charge in [0.15, 0.2) is 5.38 Å². The number of benzene rings is 1. The molecule has 1 aromatic carbocycles. The lowest BCUT2D eigenvalue weighted by atomic mass is 9.98. The summed E-state index contributed by atoms with van der Waals surface area (Å²) >= 11 is 6.00. The highest BCUT2D eigenvalue weighted by Crippen LogP contribution is 2.36. The molecule has 0 aliphatic heterocycles. The Bertz CT molecular complexity index is 575. The number of carboxylic acids is 1. The van der Waals surface area contributed by atoms with Crippen molar-refractivity contribution in [3.05, 3.63) is 47.3 Å². The number of H-pyrrole nitrogens is 1. The quantitative estimate of drug-likeness (QED) is 0.831. The van der Waals surface area contributed by atoms with E-state index in [4.69, 9.17) is 16.7 Å². The second kappa shape index (κ2) is 4.86. The average Bonchev–Trinajstić information content (AvgIpc) is 2.64. The standard InChI is InChI=1S/C14H14ClNO2/c1-8-11(10-6-4-3-5-7-10)12(9(2)16-8)13(15)14(17)18/h3-7,13,16H,1-2H3,(H,17,18). The number of aryl methyl sites for hydroxylation is 2. The SMILES string of the molecule is Cc1[nH]c(C)c(C(Cl)C(=O)O)c1-c1ccccc1. The van der Waals surface area contributed by atoms with Crippen LogP contribution in [0.1, 0.15) is 22.3 Å². The summed E-state index contributed by atoms with van der Waals surface area (Å²) in [5.74, 6) is -1.03. The molecule has 0 saturated heterocycles. The molecule has 94 valence electrons. The number of carbonyl (C=O) groups is 1. The molecular weight excluding hydrogens is 250 g/mol. The predicted molar refractivity (Wildman–Crippen MR) is 71.9 cm³/mol. The van der Waals surface area contributed by atoms with Crippen LogP contribution in [-0.2, 0) is 4.79 Å². The molecule has 2 aromatic rings. The summed E-state index contributed by atoms with van der Waals surface area (Å²) < 4.78 is 0. The molecule has 1 atom stereocenters. The molecule has 1 heterocycles. The maximum atomic E-state index is 11.1. The highest BCUT2D eigenvalue weighted by atomic mass is 35.5. The van der Waals surface area contributed by atoms with Gasteiger partial charge in [0.1, 0.15) is 0 Å². The van der Waals surface area contributed by atoms with Gasteiger partial charge >= 0.3 is 5.97 Å². The minimum atomic E-state index is -1.04. The molecule has 0 amide bonds. The second-order valence-electron chi connectivity index (χ2n) is 4.23. The van der Waals surface area contributed by atoms with Crippen LogP contribution in [0.15, 0.2) is 30.3 Å². The van der Waals surface area contributed by atoms with E-state index in [-0.39, 0.29) is 0 Å². The Balaban J connectivity index is 2.64. The molecule has 1 unspecified atom stereocenters. The Morgan fingerprint density at radius 3 is 2.39 bits per heavy atom. The summed E-state index contributed by atoms with van der Waals surface area (Å²) in [5, 5.41) is 8.06. The lowest BCUT2D eigenvalue weighted by Crippen LogP contribution is -2.06. The van der Waals surface area contributed by atoms with Crippen LogP contribution < -0.4 is 0 Å². The largest absolute Gasteiger partial charge is 0.480 e. The van der Waals surface area contributed by atoms with Gasteiger partial charge in [-0.2, -0.15) is 0 Å². The van der Waals surface area contributed by atoms with Gasteiger partial charge < -0.3 is 10.1 Å². The number of alkyl halides is 1. The first kappa shape index (κ1) is 12.7. The molecule has 0 bridgehead atoms. The van der Waals surface area contributed by atoms with Gasteiger partial charge in [0, 0.05) is 22.5 Å². The number of carboxylic acid groups (broad SMARTS) is 1. The molecular formula is C14H14ClNO2.